The second-order valence-corrected chi connectivity index (χ2v) is 8.93. The van der Waals surface area contributed by atoms with Crippen molar-refractivity contribution in [2.75, 3.05) is 32.6 Å². The van der Waals surface area contributed by atoms with E-state index in [1.807, 2.05) is 0 Å². The number of rotatable bonds is 8. The summed E-state index contributed by atoms with van der Waals surface area (Å²) in [5, 5.41) is 2.52. The lowest BCUT2D eigenvalue weighted by Crippen LogP contribution is -2.23. The number of benzene rings is 1. The molecular weight excluding hydrogens is 426 g/mol. The predicted molar refractivity (Wildman–Crippen MR) is 112 cm³/mol. The number of nitrogens with one attached hydrogen (secondary N) is 2. The molecule has 1 aromatic carbocycles. The molecule has 0 bridgehead atoms. The molecule has 0 aliphatic rings. The molecule has 0 saturated carbocycles. The molecule has 168 valence electrons. The molecule has 0 fully saturated rings. The fraction of sp³-hybridized carbons (Fsp3) is 0.350. The van der Waals surface area contributed by atoms with Gasteiger partial charge in [-0.3, -0.25) is 4.79 Å². The number of sulfonamides is 1. The van der Waals surface area contributed by atoms with E-state index in [1.54, 1.807) is 20.8 Å². The summed E-state index contributed by atoms with van der Waals surface area (Å²) in [6, 6.07) is 5.59. The number of nitrogens with zero attached hydrogens (tertiary/aromatic N) is 1. The largest absolute Gasteiger partial charge is 0.461 e. The summed E-state index contributed by atoms with van der Waals surface area (Å²) < 4.78 is 35.2. The normalized spacial score (nSPS) is 11.3. The van der Waals surface area contributed by atoms with Crippen molar-refractivity contribution < 1.29 is 32.3 Å². The summed E-state index contributed by atoms with van der Waals surface area (Å²) in [6.07, 6.45) is 0. The van der Waals surface area contributed by atoms with Gasteiger partial charge in [-0.1, -0.05) is 0 Å². The number of hydrogen-bond acceptors (Lipinski definition) is 7. The quantitative estimate of drug-likeness (QED) is 0.585. The van der Waals surface area contributed by atoms with E-state index in [0.717, 1.165) is 4.31 Å². The highest BCUT2D eigenvalue weighted by molar-refractivity contribution is 7.89. The number of carbonyl (C=O) groups excluding carboxylic acids is 3. The van der Waals surface area contributed by atoms with Crippen LogP contribution >= 0.6 is 0 Å². The van der Waals surface area contributed by atoms with Crippen molar-refractivity contribution in [2.24, 2.45) is 0 Å². The van der Waals surface area contributed by atoms with Gasteiger partial charge in [0.15, 0.2) is 6.61 Å². The van der Waals surface area contributed by atoms with Gasteiger partial charge < -0.3 is 19.8 Å². The smallest absolute Gasteiger partial charge is 0.355 e. The average Bonchev–Trinajstić information content (AvgIpc) is 3.01. The lowest BCUT2D eigenvalue weighted by molar-refractivity contribution is -0.119. The lowest BCUT2D eigenvalue weighted by Gasteiger charge is -2.12. The van der Waals surface area contributed by atoms with Gasteiger partial charge in [0, 0.05) is 25.5 Å². The Morgan fingerprint density at radius 2 is 1.65 bits per heavy atom. The molecule has 0 radical (unpaired) electrons. The highest BCUT2D eigenvalue weighted by Crippen LogP contribution is 2.20. The summed E-state index contributed by atoms with van der Waals surface area (Å²) in [5.74, 6) is -1.95. The standard InChI is InChI=1S/C20H25N3O7S/c1-6-29-20(26)18-12(2)17(13(3)21-18)19(25)30-11-16(24)22-14-7-9-15(10-8-14)31(27,28)23(4)5/h7-10,21H,6,11H2,1-5H3,(H,22,24). The summed E-state index contributed by atoms with van der Waals surface area (Å²) in [4.78, 5) is 39.3. The molecule has 2 N–H and O–H groups in total. The minimum Gasteiger partial charge on any atom is -0.461 e. The van der Waals surface area contributed by atoms with Gasteiger partial charge in [-0.25, -0.2) is 22.3 Å². The number of amides is 1. The third-order valence-corrected chi connectivity index (χ3v) is 6.20. The molecule has 0 atom stereocenters. The third kappa shape index (κ3) is 5.50. The maximum Gasteiger partial charge on any atom is 0.355 e. The molecule has 0 aliphatic heterocycles. The number of aryl methyl sites for hydroxylation is 1. The van der Waals surface area contributed by atoms with Gasteiger partial charge in [0.2, 0.25) is 10.0 Å². The van der Waals surface area contributed by atoms with Crippen molar-refractivity contribution in [3.05, 3.63) is 46.8 Å². The number of aromatic nitrogens is 1. The van der Waals surface area contributed by atoms with E-state index in [0.29, 0.717) is 16.9 Å². The van der Waals surface area contributed by atoms with Crippen LogP contribution in [0.3, 0.4) is 0 Å². The zero-order chi connectivity index (χ0) is 23.3. The van der Waals surface area contributed by atoms with Crippen molar-refractivity contribution >= 4 is 33.6 Å². The number of aromatic amines is 1. The molecule has 10 nitrogen and oxygen atoms in total. The predicted octanol–water partition coefficient (Wildman–Crippen LogP) is 1.85. The molecule has 0 spiro atoms. The van der Waals surface area contributed by atoms with Crippen molar-refractivity contribution in [3.63, 3.8) is 0 Å². The molecule has 0 unspecified atom stereocenters. The summed E-state index contributed by atoms with van der Waals surface area (Å²) in [7, 11) is -0.736. The van der Waals surface area contributed by atoms with Crippen LogP contribution < -0.4 is 5.32 Å². The van der Waals surface area contributed by atoms with E-state index >= 15 is 0 Å². The van der Waals surface area contributed by atoms with Crippen LogP contribution in [0.5, 0.6) is 0 Å². The Balaban J connectivity index is 2.01. The first-order valence-corrected chi connectivity index (χ1v) is 10.8. The Bertz CT molecular complexity index is 1090. The van der Waals surface area contributed by atoms with E-state index in [-0.39, 0.29) is 22.8 Å². The van der Waals surface area contributed by atoms with E-state index < -0.39 is 34.5 Å². The van der Waals surface area contributed by atoms with Crippen LogP contribution in [-0.4, -0.2) is 62.9 Å². The molecule has 2 rings (SSSR count). The zero-order valence-electron chi connectivity index (χ0n) is 17.9. The summed E-state index contributed by atoms with van der Waals surface area (Å²) in [5.41, 5.74) is 1.46. The molecule has 0 saturated heterocycles. The van der Waals surface area contributed by atoms with Gasteiger partial charge in [0.1, 0.15) is 5.69 Å². The minimum atomic E-state index is -3.57. The van der Waals surface area contributed by atoms with Crippen molar-refractivity contribution in [3.8, 4) is 0 Å². The van der Waals surface area contributed by atoms with Crippen LogP contribution in [0.25, 0.3) is 0 Å². The molecule has 31 heavy (non-hydrogen) atoms. The maximum atomic E-state index is 12.4. The molecule has 11 heteroatoms. The molecule has 1 amide bonds. The number of H-pyrrole nitrogens is 1. The number of carbonyl (C=O) groups is 3. The monoisotopic (exact) mass is 451 g/mol. The summed E-state index contributed by atoms with van der Waals surface area (Å²) >= 11 is 0. The number of ether oxygens (including phenoxy) is 2. The van der Waals surface area contributed by atoms with Crippen molar-refractivity contribution in [1.29, 1.82) is 0 Å². The Morgan fingerprint density at radius 1 is 1.03 bits per heavy atom. The Hall–Kier alpha value is -3.18. The fourth-order valence-electron chi connectivity index (χ4n) is 2.78. The highest BCUT2D eigenvalue weighted by Gasteiger charge is 2.24. The Morgan fingerprint density at radius 3 is 2.19 bits per heavy atom. The second-order valence-electron chi connectivity index (χ2n) is 6.78. The molecule has 2 aromatic rings. The number of esters is 2. The van der Waals surface area contributed by atoms with E-state index in [1.165, 1.54) is 38.4 Å². The van der Waals surface area contributed by atoms with Gasteiger partial charge >= 0.3 is 11.9 Å². The van der Waals surface area contributed by atoms with E-state index in [4.69, 9.17) is 9.47 Å². The zero-order valence-corrected chi connectivity index (χ0v) is 18.8. The maximum absolute atomic E-state index is 12.4. The first kappa shape index (κ1) is 24.1. The molecule has 1 aromatic heterocycles. The van der Waals surface area contributed by atoms with Gasteiger partial charge in [0.25, 0.3) is 5.91 Å². The average molecular weight is 452 g/mol. The lowest BCUT2D eigenvalue weighted by atomic mass is 10.1. The first-order valence-electron chi connectivity index (χ1n) is 9.34. The van der Waals surface area contributed by atoms with Crippen LogP contribution in [0.1, 0.15) is 39.0 Å². The van der Waals surface area contributed by atoms with Gasteiger partial charge in [-0.05, 0) is 50.6 Å². The van der Waals surface area contributed by atoms with Crippen LogP contribution in [0.15, 0.2) is 29.2 Å². The first-order chi connectivity index (χ1) is 14.5. The van der Waals surface area contributed by atoms with Gasteiger partial charge in [0.05, 0.1) is 17.1 Å². The highest BCUT2D eigenvalue weighted by atomic mass is 32.2. The van der Waals surface area contributed by atoms with Crippen LogP contribution in [0, 0.1) is 13.8 Å². The second kappa shape index (κ2) is 9.75. The Kier molecular flexibility index (Phi) is 7.58. The van der Waals surface area contributed by atoms with Crippen LogP contribution in [0.2, 0.25) is 0 Å². The van der Waals surface area contributed by atoms with Gasteiger partial charge in [-0.2, -0.15) is 0 Å². The number of hydrogen-bond donors (Lipinski definition) is 2. The van der Waals surface area contributed by atoms with E-state index in [9.17, 15) is 22.8 Å². The third-order valence-electron chi connectivity index (χ3n) is 4.37. The van der Waals surface area contributed by atoms with Gasteiger partial charge in [-0.15, -0.1) is 0 Å². The fourth-order valence-corrected chi connectivity index (χ4v) is 3.69. The Labute approximate surface area is 180 Å². The molecule has 1 heterocycles. The van der Waals surface area contributed by atoms with Crippen molar-refractivity contribution in [1.82, 2.24) is 9.29 Å². The molecule has 0 aliphatic carbocycles. The van der Waals surface area contributed by atoms with Crippen LogP contribution in [-0.2, 0) is 24.3 Å². The van der Waals surface area contributed by atoms with E-state index in [2.05, 4.69) is 10.3 Å². The molecular formula is C20H25N3O7S. The van der Waals surface area contributed by atoms with Crippen LogP contribution in [0.4, 0.5) is 5.69 Å². The topological polar surface area (TPSA) is 135 Å². The number of anilines is 1. The SMILES string of the molecule is CCOC(=O)c1[nH]c(C)c(C(=O)OCC(=O)Nc2ccc(S(=O)(=O)N(C)C)cc2)c1C. The summed E-state index contributed by atoms with van der Waals surface area (Å²) in [6.45, 7) is 4.49. The van der Waals surface area contributed by atoms with Crippen molar-refractivity contribution in [2.45, 2.75) is 25.7 Å². The minimum absolute atomic E-state index is 0.0812.